The zero-order valence-electron chi connectivity index (χ0n) is 16.4. The number of hydrogen-bond acceptors (Lipinski definition) is 2. The van der Waals surface area contributed by atoms with Gasteiger partial charge in [-0.2, -0.15) is 0 Å². The number of aromatic nitrogens is 2. The molecule has 1 N–H and O–H groups in total. The molecule has 2 heterocycles. The van der Waals surface area contributed by atoms with E-state index in [-0.39, 0.29) is 5.91 Å². The SMILES string of the molecule is CCc1ccccc1NC(=O)c1c(-c2ccc(C)cc2)nc2ccc(C)cn12. The number of anilines is 1. The lowest BCUT2D eigenvalue weighted by Gasteiger charge is -2.11. The number of carbonyl (C=O) groups excluding carboxylic acids is 1. The van der Waals surface area contributed by atoms with Gasteiger partial charge >= 0.3 is 0 Å². The maximum Gasteiger partial charge on any atom is 0.274 e. The fourth-order valence-electron chi connectivity index (χ4n) is 3.41. The summed E-state index contributed by atoms with van der Waals surface area (Å²) in [5.41, 5.74) is 7.13. The van der Waals surface area contributed by atoms with Gasteiger partial charge in [0.15, 0.2) is 0 Å². The molecule has 2 aromatic heterocycles. The number of imidazole rings is 1. The molecule has 4 heteroatoms. The molecular formula is C24H23N3O. The van der Waals surface area contributed by atoms with E-state index in [0.717, 1.165) is 34.4 Å². The molecule has 4 aromatic rings. The second-order valence-electron chi connectivity index (χ2n) is 7.07. The zero-order valence-corrected chi connectivity index (χ0v) is 16.4. The summed E-state index contributed by atoms with van der Waals surface area (Å²) in [5.74, 6) is -0.158. The number of benzene rings is 2. The number of fused-ring (bicyclic) bond motifs is 1. The minimum absolute atomic E-state index is 0.158. The van der Waals surface area contributed by atoms with Crippen LogP contribution in [-0.4, -0.2) is 15.3 Å². The molecule has 1 amide bonds. The Labute approximate surface area is 164 Å². The third-order valence-corrected chi connectivity index (χ3v) is 4.95. The van der Waals surface area contributed by atoms with Crippen LogP contribution < -0.4 is 5.32 Å². The molecule has 0 aliphatic carbocycles. The predicted octanol–water partition coefficient (Wildman–Crippen LogP) is 5.43. The van der Waals surface area contributed by atoms with Gasteiger partial charge in [-0.3, -0.25) is 9.20 Å². The Morgan fingerprint density at radius 1 is 0.964 bits per heavy atom. The van der Waals surface area contributed by atoms with Gasteiger partial charge in [0.1, 0.15) is 17.0 Å². The first kappa shape index (κ1) is 18.0. The smallest absolute Gasteiger partial charge is 0.274 e. The first-order chi connectivity index (χ1) is 13.6. The maximum atomic E-state index is 13.4. The summed E-state index contributed by atoms with van der Waals surface area (Å²) in [5, 5.41) is 3.10. The van der Waals surface area contributed by atoms with Crippen molar-refractivity contribution in [2.75, 3.05) is 5.32 Å². The van der Waals surface area contributed by atoms with Crippen LogP contribution in [0.1, 0.15) is 34.1 Å². The molecule has 0 fully saturated rings. The van der Waals surface area contributed by atoms with Crippen LogP contribution in [0.5, 0.6) is 0 Å². The van der Waals surface area contributed by atoms with Crippen LogP contribution in [0, 0.1) is 13.8 Å². The Hall–Kier alpha value is -3.40. The minimum Gasteiger partial charge on any atom is -0.320 e. The fourth-order valence-corrected chi connectivity index (χ4v) is 3.41. The minimum atomic E-state index is -0.158. The van der Waals surface area contributed by atoms with E-state index >= 15 is 0 Å². The third-order valence-electron chi connectivity index (χ3n) is 4.95. The number of pyridine rings is 1. The van der Waals surface area contributed by atoms with E-state index in [1.165, 1.54) is 5.56 Å². The van der Waals surface area contributed by atoms with E-state index in [1.54, 1.807) is 0 Å². The second kappa shape index (κ2) is 7.31. The Morgan fingerprint density at radius 3 is 2.43 bits per heavy atom. The van der Waals surface area contributed by atoms with E-state index < -0.39 is 0 Å². The lowest BCUT2D eigenvalue weighted by atomic mass is 10.1. The highest BCUT2D eigenvalue weighted by Gasteiger charge is 2.21. The Balaban J connectivity index is 1.86. The normalized spacial score (nSPS) is 11.0. The van der Waals surface area contributed by atoms with Gasteiger partial charge in [0, 0.05) is 17.4 Å². The molecule has 0 aliphatic rings. The summed E-state index contributed by atoms with van der Waals surface area (Å²) in [7, 11) is 0. The number of para-hydroxylation sites is 1. The van der Waals surface area contributed by atoms with Gasteiger partial charge in [0.2, 0.25) is 0 Å². The van der Waals surface area contributed by atoms with Crippen molar-refractivity contribution < 1.29 is 4.79 Å². The van der Waals surface area contributed by atoms with Crippen molar-refractivity contribution in [2.45, 2.75) is 27.2 Å². The molecular weight excluding hydrogens is 346 g/mol. The molecule has 4 nitrogen and oxygen atoms in total. The topological polar surface area (TPSA) is 46.4 Å². The molecule has 4 rings (SSSR count). The van der Waals surface area contributed by atoms with Crippen LogP contribution in [-0.2, 0) is 6.42 Å². The first-order valence-corrected chi connectivity index (χ1v) is 9.52. The van der Waals surface area contributed by atoms with E-state index in [9.17, 15) is 4.79 Å². The van der Waals surface area contributed by atoms with Crippen LogP contribution in [0.25, 0.3) is 16.9 Å². The van der Waals surface area contributed by atoms with E-state index in [1.807, 2.05) is 85.1 Å². The van der Waals surface area contributed by atoms with Crippen LogP contribution >= 0.6 is 0 Å². The second-order valence-corrected chi connectivity index (χ2v) is 7.07. The first-order valence-electron chi connectivity index (χ1n) is 9.52. The molecule has 28 heavy (non-hydrogen) atoms. The van der Waals surface area contributed by atoms with Crippen molar-refractivity contribution in [1.82, 2.24) is 9.38 Å². The molecule has 2 aromatic carbocycles. The lowest BCUT2D eigenvalue weighted by Crippen LogP contribution is -2.16. The average Bonchev–Trinajstić information content (AvgIpc) is 3.07. The molecule has 140 valence electrons. The van der Waals surface area contributed by atoms with Gasteiger partial charge in [0.05, 0.1) is 0 Å². The molecule has 0 atom stereocenters. The summed E-state index contributed by atoms with van der Waals surface area (Å²) in [6, 6.07) is 20.0. The van der Waals surface area contributed by atoms with Gasteiger partial charge in [-0.05, 0) is 43.5 Å². The fraction of sp³-hybridized carbons (Fsp3) is 0.167. The predicted molar refractivity (Wildman–Crippen MR) is 114 cm³/mol. The highest BCUT2D eigenvalue weighted by atomic mass is 16.2. The number of hydrogen-bond donors (Lipinski definition) is 1. The summed E-state index contributed by atoms with van der Waals surface area (Å²) < 4.78 is 1.88. The van der Waals surface area contributed by atoms with Gasteiger partial charge in [-0.25, -0.2) is 4.98 Å². The maximum absolute atomic E-state index is 13.4. The highest BCUT2D eigenvalue weighted by molar-refractivity contribution is 6.08. The van der Waals surface area contributed by atoms with Crippen molar-refractivity contribution in [3.8, 4) is 11.3 Å². The van der Waals surface area contributed by atoms with Crippen LogP contribution in [0.15, 0.2) is 66.9 Å². The number of rotatable bonds is 4. The average molecular weight is 369 g/mol. The van der Waals surface area contributed by atoms with Gasteiger partial charge in [-0.15, -0.1) is 0 Å². The Kier molecular flexibility index (Phi) is 4.70. The molecule has 0 saturated heterocycles. The van der Waals surface area contributed by atoms with Gasteiger partial charge < -0.3 is 5.32 Å². The molecule has 0 aliphatic heterocycles. The van der Waals surface area contributed by atoms with E-state index in [4.69, 9.17) is 4.98 Å². The van der Waals surface area contributed by atoms with Crippen LogP contribution in [0.4, 0.5) is 5.69 Å². The number of aryl methyl sites for hydroxylation is 3. The van der Waals surface area contributed by atoms with Crippen molar-refractivity contribution in [3.05, 3.63) is 89.2 Å². The van der Waals surface area contributed by atoms with Gasteiger partial charge in [-0.1, -0.05) is 61.0 Å². The summed E-state index contributed by atoms with van der Waals surface area (Å²) in [4.78, 5) is 18.1. The largest absolute Gasteiger partial charge is 0.320 e. The number of amides is 1. The monoisotopic (exact) mass is 369 g/mol. The van der Waals surface area contributed by atoms with Crippen molar-refractivity contribution in [3.63, 3.8) is 0 Å². The quantitative estimate of drug-likeness (QED) is 0.521. The molecule has 0 bridgehead atoms. The molecule has 0 radical (unpaired) electrons. The van der Waals surface area contributed by atoms with E-state index in [0.29, 0.717) is 11.4 Å². The van der Waals surface area contributed by atoms with E-state index in [2.05, 4.69) is 12.2 Å². The van der Waals surface area contributed by atoms with Gasteiger partial charge in [0.25, 0.3) is 5.91 Å². The number of nitrogens with zero attached hydrogens (tertiary/aromatic N) is 2. The van der Waals surface area contributed by atoms with Crippen molar-refractivity contribution in [1.29, 1.82) is 0 Å². The lowest BCUT2D eigenvalue weighted by molar-refractivity contribution is 0.102. The standard InChI is InChI=1S/C24H23N3O/c1-4-18-7-5-6-8-20(18)25-24(28)23-22(19-12-9-16(2)10-13-19)26-21-14-11-17(3)15-27(21)23/h5-15H,4H2,1-3H3,(H,25,28). The Bertz CT molecular complexity index is 1160. The summed E-state index contributed by atoms with van der Waals surface area (Å²) >= 11 is 0. The van der Waals surface area contributed by atoms with Crippen molar-refractivity contribution >= 4 is 17.2 Å². The molecule has 0 saturated carbocycles. The number of carbonyl (C=O) groups is 1. The van der Waals surface area contributed by atoms with Crippen LogP contribution in [0.3, 0.4) is 0 Å². The van der Waals surface area contributed by atoms with Crippen molar-refractivity contribution in [2.24, 2.45) is 0 Å². The summed E-state index contributed by atoms with van der Waals surface area (Å²) in [6.07, 6.45) is 2.81. The molecule has 0 unspecified atom stereocenters. The summed E-state index contributed by atoms with van der Waals surface area (Å²) in [6.45, 7) is 6.14. The van der Waals surface area contributed by atoms with Crippen LogP contribution in [0.2, 0.25) is 0 Å². The molecule has 0 spiro atoms. The highest BCUT2D eigenvalue weighted by Crippen LogP contribution is 2.27. The zero-order chi connectivity index (χ0) is 19.7. The Morgan fingerprint density at radius 2 is 1.68 bits per heavy atom. The number of nitrogens with one attached hydrogen (secondary N) is 1. The third kappa shape index (κ3) is 3.29.